The Bertz CT molecular complexity index is 84.9. The zero-order valence-electron chi connectivity index (χ0n) is 4.20. The Hall–Kier alpha value is -0.221. The molecular formula is C5H6ClCuN. The molecule has 0 bridgehead atoms. The number of nitrogens with zero attached hydrogens (tertiary/aromatic N) is 1. The number of nitriles is 1. The van der Waals surface area contributed by atoms with Gasteiger partial charge in [0.25, 0.3) is 0 Å². The van der Waals surface area contributed by atoms with Crippen molar-refractivity contribution in [3.8, 4) is 6.07 Å². The topological polar surface area (TPSA) is 23.8 Å². The molecule has 0 spiro atoms. The van der Waals surface area contributed by atoms with Gasteiger partial charge >= 0.3 is 0 Å². The monoisotopic (exact) mass is 178 g/mol. The summed E-state index contributed by atoms with van der Waals surface area (Å²) in [6.07, 6.45) is 1.18. The standard InChI is InChI=1S/C3H3N.C2H3Cl.Cu/c1-2-3-4;1-2-3;/h2H,1H2;2H,1H2;. The molecule has 0 aromatic carbocycles. The zero-order chi connectivity index (χ0) is 6.12. The fraction of sp³-hybridized carbons (Fsp3) is 0. The summed E-state index contributed by atoms with van der Waals surface area (Å²) in [6.45, 7) is 6.24. The van der Waals surface area contributed by atoms with Crippen LogP contribution in [-0.2, 0) is 17.1 Å². The molecule has 1 radical (unpaired) electrons. The van der Waals surface area contributed by atoms with Gasteiger partial charge in [0.05, 0.1) is 6.07 Å². The van der Waals surface area contributed by atoms with Gasteiger partial charge in [-0.2, -0.15) is 5.26 Å². The van der Waals surface area contributed by atoms with Gasteiger partial charge in [-0.3, -0.25) is 0 Å². The first kappa shape index (κ1) is 15.7. The van der Waals surface area contributed by atoms with Crippen LogP contribution in [0.1, 0.15) is 0 Å². The largest absolute Gasteiger partial charge is 0.193 e. The van der Waals surface area contributed by atoms with Crippen molar-refractivity contribution in [2.24, 2.45) is 0 Å². The van der Waals surface area contributed by atoms with Gasteiger partial charge in [-0.1, -0.05) is 24.8 Å². The second-order valence-corrected chi connectivity index (χ2v) is 0.796. The van der Waals surface area contributed by atoms with Crippen LogP contribution in [0.4, 0.5) is 0 Å². The molecule has 0 fully saturated rings. The maximum Gasteiger partial charge on any atom is 0.0905 e. The number of hydrogen-bond acceptors (Lipinski definition) is 1. The Morgan fingerprint density at radius 1 is 1.50 bits per heavy atom. The van der Waals surface area contributed by atoms with Gasteiger partial charge in [0, 0.05) is 23.1 Å². The van der Waals surface area contributed by atoms with E-state index in [9.17, 15) is 0 Å². The van der Waals surface area contributed by atoms with E-state index in [-0.39, 0.29) is 17.1 Å². The predicted molar refractivity (Wildman–Crippen MR) is 31.9 cm³/mol. The molecule has 1 nitrogen and oxygen atoms in total. The van der Waals surface area contributed by atoms with Crippen LogP contribution in [0.15, 0.2) is 24.8 Å². The van der Waals surface area contributed by atoms with Crippen molar-refractivity contribution in [3.05, 3.63) is 24.8 Å². The molecule has 0 rings (SSSR count). The Morgan fingerprint density at radius 2 is 1.62 bits per heavy atom. The van der Waals surface area contributed by atoms with Gasteiger partial charge in [-0.25, -0.2) is 0 Å². The average Bonchev–Trinajstić information content (AvgIpc) is 1.69. The summed E-state index contributed by atoms with van der Waals surface area (Å²) in [5, 5.41) is 7.51. The normalized spacial score (nSPS) is 3.50. The predicted octanol–water partition coefficient (Wildman–Crippen LogP) is 2.06. The van der Waals surface area contributed by atoms with Crippen molar-refractivity contribution in [1.82, 2.24) is 0 Å². The summed E-state index contributed by atoms with van der Waals surface area (Å²) >= 11 is 4.76. The van der Waals surface area contributed by atoms with Crippen LogP contribution in [0.3, 0.4) is 0 Å². The van der Waals surface area contributed by atoms with Gasteiger partial charge < -0.3 is 0 Å². The van der Waals surface area contributed by atoms with E-state index in [1.165, 1.54) is 11.6 Å². The van der Waals surface area contributed by atoms with Crippen molar-refractivity contribution in [2.75, 3.05) is 0 Å². The molecule has 0 aromatic heterocycles. The molecule has 0 aromatic rings. The van der Waals surface area contributed by atoms with Crippen molar-refractivity contribution >= 4 is 11.6 Å². The third kappa shape index (κ3) is 217. The zero-order valence-corrected chi connectivity index (χ0v) is 5.89. The van der Waals surface area contributed by atoms with Gasteiger partial charge in [0.1, 0.15) is 0 Å². The maximum atomic E-state index is 7.51. The van der Waals surface area contributed by atoms with E-state index in [0.29, 0.717) is 0 Å². The molecule has 0 amide bonds. The molecule has 0 aliphatic rings. The van der Waals surface area contributed by atoms with E-state index in [4.69, 9.17) is 16.9 Å². The Balaban J connectivity index is -0.0000000575. The van der Waals surface area contributed by atoms with Crippen LogP contribution in [0, 0.1) is 11.3 Å². The Kier molecular flexibility index (Phi) is 57.4. The number of hydrogen-bond donors (Lipinski definition) is 0. The first-order valence-corrected chi connectivity index (χ1v) is 1.98. The van der Waals surface area contributed by atoms with Crippen molar-refractivity contribution in [1.29, 1.82) is 5.26 Å². The van der Waals surface area contributed by atoms with Gasteiger partial charge in [0.2, 0.25) is 0 Å². The minimum atomic E-state index is 0. The summed E-state index contributed by atoms with van der Waals surface area (Å²) in [4.78, 5) is 0. The molecule has 0 aliphatic heterocycles. The summed E-state index contributed by atoms with van der Waals surface area (Å²) < 4.78 is 0. The first-order chi connectivity index (χ1) is 3.33. The fourth-order valence-electron chi connectivity index (χ4n) is 0. The van der Waals surface area contributed by atoms with E-state index in [2.05, 4.69) is 13.2 Å². The van der Waals surface area contributed by atoms with Crippen LogP contribution in [-0.4, -0.2) is 0 Å². The first-order valence-electron chi connectivity index (χ1n) is 1.55. The van der Waals surface area contributed by atoms with E-state index >= 15 is 0 Å². The second-order valence-electron chi connectivity index (χ2n) is 0.488. The van der Waals surface area contributed by atoms with Crippen LogP contribution >= 0.6 is 11.6 Å². The molecule has 49 valence electrons. The average molecular weight is 179 g/mol. The van der Waals surface area contributed by atoms with Crippen LogP contribution in [0.25, 0.3) is 0 Å². The minimum absolute atomic E-state index is 0. The van der Waals surface area contributed by atoms with Gasteiger partial charge in [-0.15, -0.1) is 0 Å². The van der Waals surface area contributed by atoms with Gasteiger partial charge in [-0.05, 0) is 5.54 Å². The quantitative estimate of drug-likeness (QED) is 0.412. The number of halogens is 1. The Morgan fingerprint density at radius 3 is 1.62 bits per heavy atom. The molecule has 8 heavy (non-hydrogen) atoms. The van der Waals surface area contributed by atoms with Crippen molar-refractivity contribution < 1.29 is 17.1 Å². The third-order valence-corrected chi connectivity index (χ3v) is 0.0913. The molecular weight excluding hydrogens is 173 g/mol. The number of allylic oxidation sites excluding steroid dienone is 1. The molecule has 0 unspecified atom stereocenters. The Labute approximate surface area is 65.1 Å². The SMILES string of the molecule is C=CC#N.C=CCl.[Cu]. The summed E-state index contributed by atoms with van der Waals surface area (Å²) in [6, 6.07) is 1.69. The second kappa shape index (κ2) is 29.3. The van der Waals surface area contributed by atoms with Crippen LogP contribution in [0.5, 0.6) is 0 Å². The van der Waals surface area contributed by atoms with Crippen molar-refractivity contribution in [2.45, 2.75) is 0 Å². The summed E-state index contributed by atoms with van der Waals surface area (Å²) in [7, 11) is 0. The van der Waals surface area contributed by atoms with Crippen LogP contribution < -0.4 is 0 Å². The van der Waals surface area contributed by atoms with Crippen molar-refractivity contribution in [3.63, 3.8) is 0 Å². The van der Waals surface area contributed by atoms with Crippen LogP contribution in [0.2, 0.25) is 0 Å². The summed E-state index contributed by atoms with van der Waals surface area (Å²) in [5.41, 5.74) is 1.22. The fourth-order valence-corrected chi connectivity index (χ4v) is 0. The molecule has 0 N–H and O–H groups in total. The molecule has 0 saturated carbocycles. The van der Waals surface area contributed by atoms with Gasteiger partial charge in [0.15, 0.2) is 0 Å². The molecule has 0 saturated heterocycles. The van der Waals surface area contributed by atoms with E-state index in [0.717, 1.165) is 0 Å². The van der Waals surface area contributed by atoms with E-state index < -0.39 is 0 Å². The molecule has 0 heterocycles. The summed E-state index contributed by atoms with van der Waals surface area (Å²) in [5.74, 6) is 0. The number of rotatable bonds is 0. The maximum absolute atomic E-state index is 7.51. The molecule has 0 atom stereocenters. The van der Waals surface area contributed by atoms with E-state index in [1.807, 2.05) is 0 Å². The third-order valence-electron chi connectivity index (χ3n) is 0.0913. The smallest absolute Gasteiger partial charge is 0.0905 e. The molecule has 0 aliphatic carbocycles. The molecule has 3 heteroatoms. The minimum Gasteiger partial charge on any atom is -0.193 e. The van der Waals surface area contributed by atoms with E-state index in [1.54, 1.807) is 6.07 Å².